The van der Waals surface area contributed by atoms with Gasteiger partial charge in [0, 0.05) is 0 Å². The highest BCUT2D eigenvalue weighted by atomic mass is 14.6. The minimum absolute atomic E-state index is 1.20. The molecule has 0 aliphatic heterocycles. The van der Waals surface area contributed by atoms with Crippen molar-refractivity contribution in [1.82, 2.24) is 0 Å². The van der Waals surface area contributed by atoms with Crippen molar-refractivity contribution in [3.63, 3.8) is 0 Å². The Bertz CT molecular complexity index is 153. The Hall–Kier alpha value is 0. The maximum Gasteiger partial charge on any atom is -0.0352 e. The summed E-state index contributed by atoms with van der Waals surface area (Å²) < 4.78 is 0. The van der Waals surface area contributed by atoms with E-state index in [0.717, 1.165) is 0 Å². The predicted molar refractivity (Wildman–Crippen MR) is 50.9 cm³/mol. The first-order valence-corrected chi connectivity index (χ1v) is 5.97. The second kappa shape index (κ2) is 2.75. The maximum atomic E-state index is 1.59. The van der Waals surface area contributed by atoms with Gasteiger partial charge < -0.3 is 0 Å². The highest BCUT2D eigenvalue weighted by Crippen LogP contribution is 2.61. The molecular weight excluding hydrogens is 144 g/mol. The summed E-state index contributed by atoms with van der Waals surface area (Å²) in [6, 6.07) is 0. The zero-order valence-corrected chi connectivity index (χ0v) is 7.97. The highest BCUT2D eigenvalue weighted by Gasteiger charge is 2.53. The van der Waals surface area contributed by atoms with Crippen molar-refractivity contribution in [1.29, 1.82) is 0 Å². The highest BCUT2D eigenvalue weighted by molar-refractivity contribution is 5.02. The molecule has 4 atom stereocenters. The normalized spacial score (nSPS) is 52.0. The molecule has 0 aromatic carbocycles. The zero-order chi connectivity index (χ0) is 7.97. The molecule has 0 heteroatoms. The van der Waals surface area contributed by atoms with Gasteiger partial charge in [0.1, 0.15) is 0 Å². The lowest BCUT2D eigenvalue weighted by molar-refractivity contribution is -0.113. The van der Waals surface area contributed by atoms with Gasteiger partial charge in [-0.05, 0) is 49.4 Å². The van der Waals surface area contributed by atoms with Crippen LogP contribution in [0.2, 0.25) is 0 Å². The topological polar surface area (TPSA) is 0 Å². The Morgan fingerprint density at radius 1 is 0.417 bits per heavy atom. The van der Waals surface area contributed by atoms with Crippen LogP contribution in [-0.2, 0) is 0 Å². The van der Waals surface area contributed by atoms with E-state index in [-0.39, 0.29) is 0 Å². The van der Waals surface area contributed by atoms with Crippen molar-refractivity contribution in [2.45, 2.75) is 51.4 Å². The molecule has 0 heterocycles. The fraction of sp³-hybridized carbons (Fsp3) is 1.00. The van der Waals surface area contributed by atoms with E-state index in [1.807, 2.05) is 0 Å². The second-order valence-electron chi connectivity index (χ2n) is 5.22. The molecule has 0 saturated heterocycles. The number of fused-ring (bicyclic) bond motifs is 4. The largest absolute Gasteiger partial charge is 0.0533 e. The molecule has 0 bridgehead atoms. The number of hydrogen-bond acceptors (Lipinski definition) is 0. The van der Waals surface area contributed by atoms with E-state index in [4.69, 9.17) is 0 Å². The Labute approximate surface area is 75.7 Å². The molecule has 3 aliphatic rings. The van der Waals surface area contributed by atoms with Crippen LogP contribution in [0.15, 0.2) is 0 Å². The first kappa shape index (κ1) is 7.41. The SMILES string of the molecule is C1CCCC2C(CC1)C1CCC21. The summed E-state index contributed by atoms with van der Waals surface area (Å²) in [7, 11) is 0. The molecule has 0 amide bonds. The van der Waals surface area contributed by atoms with E-state index in [0.29, 0.717) is 0 Å². The first-order valence-electron chi connectivity index (χ1n) is 5.97. The Kier molecular flexibility index (Phi) is 1.70. The van der Waals surface area contributed by atoms with Gasteiger partial charge in [0.2, 0.25) is 0 Å². The van der Waals surface area contributed by atoms with Gasteiger partial charge in [-0.1, -0.05) is 25.7 Å². The molecular formula is C12H20. The Morgan fingerprint density at radius 2 is 0.833 bits per heavy atom. The van der Waals surface area contributed by atoms with Gasteiger partial charge in [-0.3, -0.25) is 0 Å². The lowest BCUT2D eigenvalue weighted by Crippen LogP contribution is -2.53. The number of rotatable bonds is 0. The smallest absolute Gasteiger partial charge is 0.0352 e. The molecule has 0 spiro atoms. The molecule has 0 aromatic heterocycles. The Balaban J connectivity index is 1.67. The molecule has 0 N–H and O–H groups in total. The molecule has 3 aliphatic carbocycles. The first-order chi connectivity index (χ1) is 5.97. The lowest BCUT2D eigenvalue weighted by atomic mass is 9.45. The monoisotopic (exact) mass is 164 g/mol. The van der Waals surface area contributed by atoms with Gasteiger partial charge in [-0.15, -0.1) is 0 Å². The van der Waals surface area contributed by atoms with Gasteiger partial charge in [0.15, 0.2) is 0 Å². The molecule has 3 fully saturated rings. The fourth-order valence-corrected chi connectivity index (χ4v) is 4.07. The standard InChI is InChI=1S/C12H20/c1-2-4-6-10-9(5-3-1)11-7-8-12(10)11/h9-12H,1-8H2. The van der Waals surface area contributed by atoms with Crippen molar-refractivity contribution in [2.24, 2.45) is 23.7 Å². The minimum Gasteiger partial charge on any atom is -0.0533 e. The van der Waals surface area contributed by atoms with E-state index < -0.39 is 0 Å². The van der Waals surface area contributed by atoms with Crippen molar-refractivity contribution in [3.05, 3.63) is 0 Å². The van der Waals surface area contributed by atoms with Crippen LogP contribution in [-0.4, -0.2) is 0 Å². The maximum absolute atomic E-state index is 1.59. The third-order valence-electron chi connectivity index (χ3n) is 4.86. The molecule has 4 unspecified atom stereocenters. The average Bonchev–Trinajstić information content (AvgIpc) is 2.00. The molecule has 0 radical (unpaired) electrons. The van der Waals surface area contributed by atoms with Crippen LogP contribution < -0.4 is 0 Å². The van der Waals surface area contributed by atoms with Gasteiger partial charge >= 0.3 is 0 Å². The van der Waals surface area contributed by atoms with E-state index >= 15 is 0 Å². The Morgan fingerprint density at radius 3 is 1.25 bits per heavy atom. The van der Waals surface area contributed by atoms with Crippen molar-refractivity contribution < 1.29 is 0 Å². The van der Waals surface area contributed by atoms with Crippen LogP contribution in [0.25, 0.3) is 0 Å². The summed E-state index contributed by atoms with van der Waals surface area (Å²) in [5, 5.41) is 0. The summed E-state index contributed by atoms with van der Waals surface area (Å²) in [5.41, 5.74) is 0. The van der Waals surface area contributed by atoms with E-state index in [9.17, 15) is 0 Å². The van der Waals surface area contributed by atoms with Gasteiger partial charge in [-0.2, -0.15) is 0 Å². The molecule has 0 aromatic rings. The molecule has 0 nitrogen and oxygen atoms in total. The van der Waals surface area contributed by atoms with Crippen molar-refractivity contribution in [2.75, 3.05) is 0 Å². The quantitative estimate of drug-likeness (QED) is 0.513. The van der Waals surface area contributed by atoms with Gasteiger partial charge in [0.05, 0.1) is 0 Å². The molecule has 3 saturated carbocycles. The van der Waals surface area contributed by atoms with Gasteiger partial charge in [0.25, 0.3) is 0 Å². The molecule has 68 valence electrons. The van der Waals surface area contributed by atoms with Crippen LogP contribution in [0.4, 0.5) is 0 Å². The van der Waals surface area contributed by atoms with Crippen LogP contribution >= 0.6 is 0 Å². The van der Waals surface area contributed by atoms with E-state index in [1.165, 1.54) is 36.5 Å². The summed E-state index contributed by atoms with van der Waals surface area (Å²) >= 11 is 0. The fourth-order valence-electron chi connectivity index (χ4n) is 4.07. The summed E-state index contributed by atoms with van der Waals surface area (Å²) in [6.07, 6.45) is 12.5. The lowest BCUT2D eigenvalue weighted by Gasteiger charge is -2.60. The predicted octanol–water partition coefficient (Wildman–Crippen LogP) is 3.61. The van der Waals surface area contributed by atoms with Crippen LogP contribution in [0.5, 0.6) is 0 Å². The van der Waals surface area contributed by atoms with Crippen LogP contribution in [0.1, 0.15) is 51.4 Å². The van der Waals surface area contributed by atoms with Crippen LogP contribution in [0, 0.1) is 23.7 Å². The zero-order valence-electron chi connectivity index (χ0n) is 7.97. The van der Waals surface area contributed by atoms with E-state index in [2.05, 4.69) is 0 Å². The average molecular weight is 164 g/mol. The third kappa shape index (κ3) is 0.900. The minimum atomic E-state index is 1.20. The van der Waals surface area contributed by atoms with Crippen LogP contribution in [0.3, 0.4) is 0 Å². The van der Waals surface area contributed by atoms with Gasteiger partial charge in [-0.25, -0.2) is 0 Å². The second-order valence-corrected chi connectivity index (χ2v) is 5.22. The van der Waals surface area contributed by atoms with E-state index in [1.54, 1.807) is 38.5 Å². The summed E-state index contributed by atoms with van der Waals surface area (Å²) in [6.45, 7) is 0. The van der Waals surface area contributed by atoms with Crippen molar-refractivity contribution in [3.8, 4) is 0 Å². The molecule has 3 rings (SSSR count). The summed E-state index contributed by atoms with van der Waals surface area (Å²) in [4.78, 5) is 0. The summed E-state index contributed by atoms with van der Waals surface area (Å²) in [5.74, 6) is 4.83. The third-order valence-corrected chi connectivity index (χ3v) is 4.86. The molecule has 12 heavy (non-hydrogen) atoms. The van der Waals surface area contributed by atoms with Crippen molar-refractivity contribution >= 4 is 0 Å². The number of hydrogen-bond donors (Lipinski definition) is 0.